The number of rotatable bonds is 3. The Labute approximate surface area is 150 Å². The second-order valence-corrected chi connectivity index (χ2v) is 6.17. The molecular formula is C20H16N4O2. The summed E-state index contributed by atoms with van der Waals surface area (Å²) in [5, 5.41) is 19.3. The fourth-order valence-electron chi connectivity index (χ4n) is 3.31. The summed E-state index contributed by atoms with van der Waals surface area (Å²) in [6, 6.07) is 19.1. The maximum atomic E-state index is 12.3. The summed E-state index contributed by atoms with van der Waals surface area (Å²) >= 11 is 0. The fraction of sp³-hybridized carbons (Fsp3) is 0.150. The molecule has 0 unspecified atom stereocenters. The van der Waals surface area contributed by atoms with Crippen LogP contribution in [0.15, 0.2) is 54.6 Å². The molecule has 26 heavy (non-hydrogen) atoms. The zero-order valence-electron chi connectivity index (χ0n) is 14.1. The van der Waals surface area contributed by atoms with Crippen molar-refractivity contribution >= 4 is 11.7 Å². The van der Waals surface area contributed by atoms with Crippen LogP contribution in [0.3, 0.4) is 0 Å². The second kappa shape index (κ2) is 6.37. The van der Waals surface area contributed by atoms with Gasteiger partial charge in [0.1, 0.15) is 17.4 Å². The van der Waals surface area contributed by atoms with Crippen molar-refractivity contribution in [3.05, 3.63) is 71.4 Å². The number of aryl methyl sites for hydroxylation is 1. The number of nitrogens with one attached hydrogen (secondary N) is 2. The SMILES string of the molecule is Cc1[nH]nc2c1[C@H](c1cccc(Oc3ccccc3)c1)[C@H](C#N)C(=O)N2. The first-order valence-corrected chi connectivity index (χ1v) is 8.25. The summed E-state index contributed by atoms with van der Waals surface area (Å²) in [4.78, 5) is 12.3. The van der Waals surface area contributed by atoms with Gasteiger partial charge in [-0.2, -0.15) is 10.4 Å². The van der Waals surface area contributed by atoms with Gasteiger partial charge in [-0.3, -0.25) is 9.89 Å². The van der Waals surface area contributed by atoms with E-state index < -0.39 is 11.8 Å². The molecule has 6 nitrogen and oxygen atoms in total. The molecular weight excluding hydrogens is 328 g/mol. The molecule has 0 saturated heterocycles. The van der Waals surface area contributed by atoms with Crippen molar-refractivity contribution in [2.75, 3.05) is 5.32 Å². The predicted molar refractivity (Wildman–Crippen MR) is 95.9 cm³/mol. The van der Waals surface area contributed by atoms with Gasteiger partial charge in [0.15, 0.2) is 5.82 Å². The lowest BCUT2D eigenvalue weighted by molar-refractivity contribution is -0.119. The number of anilines is 1. The first-order chi connectivity index (χ1) is 12.7. The standard InChI is InChI=1S/C20H16N4O2/c1-12-17-18(16(11-21)20(25)22-19(17)24-23-12)13-6-5-9-15(10-13)26-14-7-3-2-4-8-14/h2-10,16,18H,1H3,(H2,22,23,24,25)/t16-,18+/m0/s1. The van der Waals surface area contributed by atoms with E-state index in [0.717, 1.165) is 22.6 Å². The molecule has 2 aromatic carbocycles. The Bertz CT molecular complexity index is 1000. The van der Waals surface area contributed by atoms with E-state index in [9.17, 15) is 10.1 Å². The molecule has 0 fully saturated rings. The largest absolute Gasteiger partial charge is 0.457 e. The second-order valence-electron chi connectivity index (χ2n) is 6.17. The third kappa shape index (κ3) is 2.70. The fourth-order valence-corrected chi connectivity index (χ4v) is 3.31. The minimum atomic E-state index is -0.828. The highest BCUT2D eigenvalue weighted by Crippen LogP contribution is 2.42. The number of aromatic nitrogens is 2. The lowest BCUT2D eigenvalue weighted by Crippen LogP contribution is -2.33. The van der Waals surface area contributed by atoms with Crippen LogP contribution in [-0.2, 0) is 4.79 Å². The normalized spacial score (nSPS) is 18.5. The lowest BCUT2D eigenvalue weighted by atomic mass is 9.78. The number of aromatic amines is 1. The number of carbonyl (C=O) groups excluding carboxylic acids is 1. The molecule has 0 spiro atoms. The van der Waals surface area contributed by atoms with E-state index in [2.05, 4.69) is 21.6 Å². The molecule has 1 amide bonds. The van der Waals surface area contributed by atoms with Crippen molar-refractivity contribution in [3.63, 3.8) is 0 Å². The highest BCUT2D eigenvalue weighted by atomic mass is 16.5. The van der Waals surface area contributed by atoms with Crippen molar-refractivity contribution in [1.29, 1.82) is 5.26 Å². The summed E-state index contributed by atoms with van der Waals surface area (Å²) in [6.45, 7) is 1.88. The van der Waals surface area contributed by atoms with Crippen molar-refractivity contribution in [3.8, 4) is 17.6 Å². The molecule has 0 saturated carbocycles. The van der Waals surface area contributed by atoms with Crippen LogP contribution < -0.4 is 10.1 Å². The molecule has 0 bridgehead atoms. The molecule has 4 rings (SSSR count). The Balaban J connectivity index is 1.76. The Kier molecular flexibility index (Phi) is 3.90. The molecule has 2 heterocycles. The molecule has 0 radical (unpaired) electrons. The molecule has 2 N–H and O–H groups in total. The van der Waals surface area contributed by atoms with E-state index in [1.807, 2.05) is 61.5 Å². The number of H-pyrrole nitrogens is 1. The molecule has 0 aliphatic carbocycles. The number of hydrogen-bond donors (Lipinski definition) is 2. The lowest BCUT2D eigenvalue weighted by Gasteiger charge is -2.27. The first-order valence-electron chi connectivity index (χ1n) is 8.25. The Morgan fingerprint density at radius 3 is 2.65 bits per heavy atom. The highest BCUT2D eigenvalue weighted by molar-refractivity contribution is 5.98. The smallest absolute Gasteiger partial charge is 0.243 e. The van der Waals surface area contributed by atoms with Crippen LogP contribution in [0.5, 0.6) is 11.5 Å². The Morgan fingerprint density at radius 2 is 1.88 bits per heavy atom. The van der Waals surface area contributed by atoms with Crippen LogP contribution in [0.4, 0.5) is 5.82 Å². The van der Waals surface area contributed by atoms with E-state index in [-0.39, 0.29) is 5.91 Å². The third-order valence-corrected chi connectivity index (χ3v) is 4.50. The van der Waals surface area contributed by atoms with E-state index in [1.165, 1.54) is 0 Å². The van der Waals surface area contributed by atoms with E-state index in [4.69, 9.17) is 4.74 Å². The minimum absolute atomic E-state index is 0.342. The molecule has 6 heteroatoms. The number of carbonyl (C=O) groups is 1. The summed E-state index contributed by atoms with van der Waals surface area (Å²) in [5.74, 6) is 0.291. The van der Waals surface area contributed by atoms with Gasteiger partial charge in [-0.1, -0.05) is 30.3 Å². The van der Waals surface area contributed by atoms with Crippen molar-refractivity contribution in [2.24, 2.45) is 5.92 Å². The van der Waals surface area contributed by atoms with Crippen molar-refractivity contribution in [2.45, 2.75) is 12.8 Å². The number of ether oxygens (including phenoxy) is 1. The Morgan fingerprint density at radius 1 is 1.12 bits per heavy atom. The van der Waals surface area contributed by atoms with Crippen molar-refractivity contribution in [1.82, 2.24) is 10.2 Å². The maximum absolute atomic E-state index is 12.3. The molecule has 2 atom stereocenters. The average Bonchev–Trinajstić information content (AvgIpc) is 3.02. The van der Waals surface area contributed by atoms with Gasteiger partial charge in [0, 0.05) is 17.2 Å². The maximum Gasteiger partial charge on any atom is 0.243 e. The quantitative estimate of drug-likeness (QED) is 0.757. The topological polar surface area (TPSA) is 90.8 Å². The van der Waals surface area contributed by atoms with Gasteiger partial charge in [0.25, 0.3) is 0 Å². The summed E-state index contributed by atoms with van der Waals surface area (Å²) < 4.78 is 5.90. The van der Waals surface area contributed by atoms with Crippen LogP contribution in [0, 0.1) is 24.2 Å². The number of para-hydroxylation sites is 1. The van der Waals surface area contributed by atoms with Crippen LogP contribution in [0.2, 0.25) is 0 Å². The molecule has 1 aromatic heterocycles. The predicted octanol–water partition coefficient (Wildman–Crippen LogP) is 3.73. The number of nitrogens with zero attached hydrogens (tertiary/aromatic N) is 2. The van der Waals surface area contributed by atoms with E-state index >= 15 is 0 Å². The van der Waals surface area contributed by atoms with Crippen LogP contribution >= 0.6 is 0 Å². The Hall–Kier alpha value is -3.59. The number of nitriles is 1. The van der Waals surface area contributed by atoms with Gasteiger partial charge in [-0.25, -0.2) is 0 Å². The van der Waals surface area contributed by atoms with E-state index in [1.54, 1.807) is 0 Å². The number of hydrogen-bond acceptors (Lipinski definition) is 4. The molecule has 1 aliphatic rings. The van der Waals surface area contributed by atoms with Gasteiger partial charge >= 0.3 is 0 Å². The number of amides is 1. The zero-order valence-corrected chi connectivity index (χ0v) is 14.1. The van der Waals surface area contributed by atoms with Gasteiger partial charge in [-0.15, -0.1) is 0 Å². The van der Waals surface area contributed by atoms with Crippen molar-refractivity contribution < 1.29 is 9.53 Å². The molecule has 128 valence electrons. The van der Waals surface area contributed by atoms with E-state index in [0.29, 0.717) is 11.6 Å². The van der Waals surface area contributed by atoms with Crippen LogP contribution in [0.25, 0.3) is 0 Å². The van der Waals surface area contributed by atoms with Gasteiger partial charge in [-0.05, 0) is 36.8 Å². The van der Waals surface area contributed by atoms with Crippen LogP contribution in [0.1, 0.15) is 22.7 Å². The minimum Gasteiger partial charge on any atom is -0.457 e. The van der Waals surface area contributed by atoms with Gasteiger partial charge in [0.2, 0.25) is 5.91 Å². The number of benzene rings is 2. The summed E-state index contributed by atoms with van der Waals surface area (Å²) in [6.07, 6.45) is 0. The summed E-state index contributed by atoms with van der Waals surface area (Å²) in [5.41, 5.74) is 2.51. The average molecular weight is 344 g/mol. The number of fused-ring (bicyclic) bond motifs is 1. The van der Waals surface area contributed by atoms with Crippen LogP contribution in [-0.4, -0.2) is 16.1 Å². The first kappa shape index (κ1) is 15.9. The van der Waals surface area contributed by atoms with Gasteiger partial charge in [0.05, 0.1) is 6.07 Å². The molecule has 1 aliphatic heterocycles. The zero-order chi connectivity index (χ0) is 18.1. The summed E-state index contributed by atoms with van der Waals surface area (Å²) in [7, 11) is 0. The third-order valence-electron chi connectivity index (χ3n) is 4.50. The van der Waals surface area contributed by atoms with Gasteiger partial charge < -0.3 is 10.1 Å². The molecule has 3 aromatic rings. The highest BCUT2D eigenvalue weighted by Gasteiger charge is 2.39. The monoisotopic (exact) mass is 344 g/mol.